The molecule has 0 saturated carbocycles. The summed E-state index contributed by atoms with van der Waals surface area (Å²) in [5.74, 6) is 1.65. The summed E-state index contributed by atoms with van der Waals surface area (Å²) in [6.07, 6.45) is 3.69. The number of ether oxygens (including phenoxy) is 1. The van der Waals surface area contributed by atoms with Gasteiger partial charge in [0.25, 0.3) is 0 Å². The molecule has 0 spiro atoms. The Morgan fingerprint density at radius 3 is 2.75 bits per heavy atom. The van der Waals surface area contributed by atoms with Gasteiger partial charge in [0, 0.05) is 19.7 Å². The third-order valence-corrected chi connectivity index (χ3v) is 4.69. The molecule has 0 aromatic carbocycles. The van der Waals surface area contributed by atoms with Gasteiger partial charge < -0.3 is 10.5 Å². The van der Waals surface area contributed by atoms with E-state index in [-0.39, 0.29) is 5.54 Å². The van der Waals surface area contributed by atoms with Crippen LogP contribution in [0.15, 0.2) is 0 Å². The molecule has 94 valence electrons. The summed E-state index contributed by atoms with van der Waals surface area (Å²) in [4.78, 5) is 2.61. The number of hydrogen-bond donors (Lipinski definition) is 1. The smallest absolute Gasteiger partial charge is 0.0662 e. The zero-order chi connectivity index (χ0) is 11.6. The van der Waals surface area contributed by atoms with Crippen LogP contribution in [0.4, 0.5) is 0 Å². The predicted molar refractivity (Wildman–Crippen MR) is 66.4 cm³/mol. The maximum Gasteiger partial charge on any atom is 0.0662 e. The molecular weight excluding hydrogens is 200 g/mol. The van der Waals surface area contributed by atoms with Gasteiger partial charge in [-0.1, -0.05) is 13.8 Å². The van der Waals surface area contributed by atoms with Crippen LogP contribution >= 0.6 is 0 Å². The van der Waals surface area contributed by atoms with E-state index in [4.69, 9.17) is 10.5 Å². The average molecular weight is 226 g/mol. The van der Waals surface area contributed by atoms with Crippen LogP contribution < -0.4 is 5.73 Å². The first-order valence-corrected chi connectivity index (χ1v) is 6.71. The van der Waals surface area contributed by atoms with Gasteiger partial charge in [-0.2, -0.15) is 0 Å². The largest absolute Gasteiger partial charge is 0.379 e. The number of hydrogen-bond acceptors (Lipinski definition) is 3. The number of nitrogens with two attached hydrogens (primary N) is 1. The SMILES string of the molecule is CC1CCN(C2(CN)CCCOC2)CC1C. The van der Waals surface area contributed by atoms with Gasteiger partial charge in [-0.25, -0.2) is 0 Å². The van der Waals surface area contributed by atoms with E-state index in [1.54, 1.807) is 0 Å². The monoisotopic (exact) mass is 226 g/mol. The number of piperidine rings is 1. The molecule has 2 aliphatic rings. The summed E-state index contributed by atoms with van der Waals surface area (Å²) in [6, 6.07) is 0. The van der Waals surface area contributed by atoms with Gasteiger partial charge in [0.05, 0.1) is 12.1 Å². The zero-order valence-corrected chi connectivity index (χ0v) is 10.7. The molecule has 3 nitrogen and oxygen atoms in total. The highest BCUT2D eigenvalue weighted by molar-refractivity contribution is 4.96. The third kappa shape index (κ3) is 2.27. The molecule has 3 atom stereocenters. The molecule has 0 aromatic heterocycles. The van der Waals surface area contributed by atoms with Crippen molar-refractivity contribution < 1.29 is 4.74 Å². The highest BCUT2D eigenvalue weighted by Gasteiger charge is 2.40. The van der Waals surface area contributed by atoms with Crippen LogP contribution in [0.3, 0.4) is 0 Å². The van der Waals surface area contributed by atoms with E-state index in [0.29, 0.717) is 0 Å². The Labute approximate surface area is 99.3 Å². The fourth-order valence-corrected chi connectivity index (χ4v) is 3.07. The van der Waals surface area contributed by atoms with Crippen molar-refractivity contribution in [3.8, 4) is 0 Å². The molecule has 0 radical (unpaired) electrons. The molecule has 2 saturated heterocycles. The van der Waals surface area contributed by atoms with Crippen LogP contribution in [0.2, 0.25) is 0 Å². The van der Waals surface area contributed by atoms with Gasteiger partial charge in [-0.05, 0) is 37.6 Å². The van der Waals surface area contributed by atoms with Crippen LogP contribution in [-0.2, 0) is 4.74 Å². The Hall–Kier alpha value is -0.120. The molecule has 3 unspecified atom stereocenters. The maximum atomic E-state index is 6.03. The van der Waals surface area contributed by atoms with Gasteiger partial charge >= 0.3 is 0 Å². The van der Waals surface area contributed by atoms with Crippen LogP contribution in [0.25, 0.3) is 0 Å². The Bertz CT molecular complexity index is 226. The minimum atomic E-state index is 0.145. The number of nitrogens with zero attached hydrogens (tertiary/aromatic N) is 1. The molecule has 2 rings (SSSR count). The summed E-state index contributed by atoms with van der Waals surface area (Å²) < 4.78 is 5.67. The quantitative estimate of drug-likeness (QED) is 0.775. The minimum absolute atomic E-state index is 0.145. The van der Waals surface area contributed by atoms with E-state index in [9.17, 15) is 0 Å². The van der Waals surface area contributed by atoms with Crippen molar-refractivity contribution in [1.82, 2.24) is 4.90 Å². The molecule has 2 N–H and O–H groups in total. The van der Waals surface area contributed by atoms with Gasteiger partial charge in [0.15, 0.2) is 0 Å². The second-order valence-electron chi connectivity index (χ2n) is 5.77. The van der Waals surface area contributed by atoms with Crippen LogP contribution in [0.1, 0.15) is 33.1 Å². The number of rotatable bonds is 2. The summed E-state index contributed by atoms with van der Waals surface area (Å²) in [6.45, 7) is 9.63. The molecule has 2 aliphatic heterocycles. The van der Waals surface area contributed by atoms with E-state index < -0.39 is 0 Å². The molecule has 2 heterocycles. The molecule has 2 fully saturated rings. The van der Waals surface area contributed by atoms with E-state index in [1.807, 2.05) is 0 Å². The highest BCUT2D eigenvalue weighted by Crippen LogP contribution is 2.32. The standard InChI is InChI=1S/C13H26N2O/c1-11-4-6-15(8-12(11)2)13(9-14)5-3-7-16-10-13/h11-12H,3-10,14H2,1-2H3. The Balaban J connectivity index is 2.03. The Kier molecular flexibility index (Phi) is 3.88. The lowest BCUT2D eigenvalue weighted by molar-refractivity contribution is -0.0652. The van der Waals surface area contributed by atoms with Crippen molar-refractivity contribution in [1.29, 1.82) is 0 Å². The molecule has 0 aliphatic carbocycles. The van der Waals surface area contributed by atoms with Crippen molar-refractivity contribution in [3.05, 3.63) is 0 Å². The van der Waals surface area contributed by atoms with Crippen molar-refractivity contribution >= 4 is 0 Å². The lowest BCUT2D eigenvalue weighted by atomic mass is 9.82. The first kappa shape index (κ1) is 12.3. The Morgan fingerprint density at radius 2 is 2.19 bits per heavy atom. The summed E-state index contributed by atoms with van der Waals surface area (Å²) in [5, 5.41) is 0. The van der Waals surface area contributed by atoms with Crippen LogP contribution in [-0.4, -0.2) is 43.3 Å². The fourth-order valence-electron chi connectivity index (χ4n) is 3.07. The van der Waals surface area contributed by atoms with E-state index in [2.05, 4.69) is 18.7 Å². The van der Waals surface area contributed by atoms with Gasteiger partial charge in [-0.3, -0.25) is 4.90 Å². The van der Waals surface area contributed by atoms with Crippen molar-refractivity contribution in [2.45, 2.75) is 38.6 Å². The van der Waals surface area contributed by atoms with E-state index >= 15 is 0 Å². The van der Waals surface area contributed by atoms with Crippen LogP contribution in [0.5, 0.6) is 0 Å². The Morgan fingerprint density at radius 1 is 1.38 bits per heavy atom. The lowest BCUT2D eigenvalue weighted by Crippen LogP contribution is -2.61. The summed E-state index contributed by atoms with van der Waals surface area (Å²) >= 11 is 0. The van der Waals surface area contributed by atoms with Gasteiger partial charge in [-0.15, -0.1) is 0 Å². The second kappa shape index (κ2) is 5.03. The second-order valence-corrected chi connectivity index (χ2v) is 5.77. The average Bonchev–Trinajstić information content (AvgIpc) is 2.33. The predicted octanol–water partition coefficient (Wildman–Crippen LogP) is 1.47. The fraction of sp³-hybridized carbons (Fsp3) is 1.00. The first-order chi connectivity index (χ1) is 7.68. The molecule has 0 amide bonds. The van der Waals surface area contributed by atoms with Crippen molar-refractivity contribution in [3.63, 3.8) is 0 Å². The van der Waals surface area contributed by atoms with E-state index in [1.165, 1.54) is 25.9 Å². The number of likely N-dealkylation sites (tertiary alicyclic amines) is 1. The normalized spacial score (nSPS) is 42.2. The summed E-state index contributed by atoms with van der Waals surface area (Å²) in [7, 11) is 0. The molecule has 16 heavy (non-hydrogen) atoms. The third-order valence-electron chi connectivity index (χ3n) is 4.69. The molecule has 0 aromatic rings. The minimum Gasteiger partial charge on any atom is -0.379 e. The van der Waals surface area contributed by atoms with Crippen molar-refractivity contribution in [2.75, 3.05) is 32.8 Å². The molecular formula is C13H26N2O. The molecule has 0 bridgehead atoms. The lowest BCUT2D eigenvalue weighted by Gasteiger charge is -2.49. The van der Waals surface area contributed by atoms with Gasteiger partial charge in [0.2, 0.25) is 0 Å². The van der Waals surface area contributed by atoms with Gasteiger partial charge in [0.1, 0.15) is 0 Å². The van der Waals surface area contributed by atoms with Crippen LogP contribution in [0, 0.1) is 11.8 Å². The molecule has 3 heteroatoms. The van der Waals surface area contributed by atoms with E-state index in [0.717, 1.165) is 38.0 Å². The maximum absolute atomic E-state index is 6.03. The highest BCUT2D eigenvalue weighted by atomic mass is 16.5. The summed E-state index contributed by atoms with van der Waals surface area (Å²) in [5.41, 5.74) is 6.17. The first-order valence-electron chi connectivity index (χ1n) is 6.71. The van der Waals surface area contributed by atoms with Crippen molar-refractivity contribution in [2.24, 2.45) is 17.6 Å². The topological polar surface area (TPSA) is 38.5 Å². The zero-order valence-electron chi connectivity index (χ0n) is 10.7.